The Morgan fingerprint density at radius 3 is 2.85 bits per heavy atom. The van der Waals surface area contributed by atoms with Crippen LogP contribution in [0.3, 0.4) is 0 Å². The van der Waals surface area contributed by atoms with Crippen LogP contribution in [0.15, 0.2) is 30.6 Å². The summed E-state index contributed by atoms with van der Waals surface area (Å²) >= 11 is 11.5. The van der Waals surface area contributed by atoms with Gasteiger partial charge in [0.1, 0.15) is 6.33 Å². The van der Waals surface area contributed by atoms with Crippen LogP contribution < -0.4 is 0 Å². The van der Waals surface area contributed by atoms with Crippen LogP contribution in [-0.4, -0.2) is 45.6 Å². The van der Waals surface area contributed by atoms with E-state index in [-0.39, 0.29) is 0 Å². The van der Waals surface area contributed by atoms with E-state index in [0.717, 1.165) is 32.0 Å². The molecule has 1 aromatic heterocycles. The van der Waals surface area contributed by atoms with E-state index in [4.69, 9.17) is 28.6 Å². The van der Waals surface area contributed by atoms with Gasteiger partial charge >= 0.3 is 0 Å². The van der Waals surface area contributed by atoms with E-state index in [0.29, 0.717) is 16.5 Å². The highest BCUT2D eigenvalue weighted by molar-refractivity contribution is 7.71. The third-order valence-electron chi connectivity index (χ3n) is 3.26. The fourth-order valence-corrected chi connectivity index (χ4v) is 2.61. The molecule has 1 fully saturated rings. The van der Waals surface area contributed by atoms with Crippen molar-refractivity contribution in [3.05, 3.63) is 40.4 Å². The molecule has 1 saturated heterocycles. The standard InChI is InChI=1S/C13H15ClN4OS/c14-11-2-1-3-12(8-11)17-9-15-18(13(17)20)10-16-4-6-19-7-5-16/h1-3,8-9H,4-7,10H2. The number of hydrogen-bond donors (Lipinski definition) is 0. The Morgan fingerprint density at radius 2 is 2.10 bits per heavy atom. The van der Waals surface area contributed by atoms with Crippen LogP contribution in [0.4, 0.5) is 0 Å². The smallest absolute Gasteiger partial charge is 0.203 e. The molecule has 1 aliphatic rings. The number of benzene rings is 1. The molecule has 0 unspecified atom stereocenters. The van der Waals surface area contributed by atoms with E-state index in [9.17, 15) is 0 Å². The number of ether oxygens (including phenoxy) is 1. The zero-order chi connectivity index (χ0) is 13.9. The summed E-state index contributed by atoms with van der Waals surface area (Å²) in [7, 11) is 0. The van der Waals surface area contributed by atoms with Gasteiger partial charge in [-0.05, 0) is 30.4 Å². The molecule has 20 heavy (non-hydrogen) atoms. The Bertz CT molecular complexity index is 648. The van der Waals surface area contributed by atoms with Gasteiger partial charge < -0.3 is 4.74 Å². The van der Waals surface area contributed by atoms with E-state index in [2.05, 4.69) is 10.00 Å². The van der Waals surface area contributed by atoms with Crippen molar-refractivity contribution >= 4 is 23.8 Å². The van der Waals surface area contributed by atoms with Gasteiger partial charge in [-0.25, -0.2) is 4.68 Å². The summed E-state index contributed by atoms with van der Waals surface area (Å²) in [4.78, 5) is 2.27. The maximum Gasteiger partial charge on any atom is 0.203 e. The van der Waals surface area contributed by atoms with Gasteiger partial charge in [0.2, 0.25) is 4.77 Å². The first-order chi connectivity index (χ1) is 9.74. The molecule has 0 saturated carbocycles. The summed E-state index contributed by atoms with van der Waals surface area (Å²) < 4.78 is 9.69. The number of hydrogen-bond acceptors (Lipinski definition) is 4. The van der Waals surface area contributed by atoms with Crippen LogP contribution in [0.5, 0.6) is 0 Å². The average molecular weight is 311 g/mol. The topological polar surface area (TPSA) is 35.2 Å². The Hall–Kier alpha value is -1.21. The van der Waals surface area contributed by atoms with Crippen molar-refractivity contribution in [3.63, 3.8) is 0 Å². The van der Waals surface area contributed by atoms with Crippen LogP contribution in [0.1, 0.15) is 0 Å². The Labute approximate surface area is 127 Å². The normalized spacial score (nSPS) is 16.4. The lowest BCUT2D eigenvalue weighted by atomic mass is 10.3. The van der Waals surface area contributed by atoms with Crippen molar-refractivity contribution in [2.45, 2.75) is 6.67 Å². The predicted molar refractivity (Wildman–Crippen MR) is 79.8 cm³/mol. The molecule has 0 N–H and O–H groups in total. The quantitative estimate of drug-likeness (QED) is 0.815. The van der Waals surface area contributed by atoms with Crippen molar-refractivity contribution in [3.8, 4) is 5.69 Å². The first-order valence-electron chi connectivity index (χ1n) is 6.44. The lowest BCUT2D eigenvalue weighted by Gasteiger charge is -2.26. The molecular formula is C13H15ClN4OS. The molecule has 5 nitrogen and oxygen atoms in total. The molecule has 1 aliphatic heterocycles. The summed E-state index contributed by atoms with van der Waals surface area (Å²) in [6.07, 6.45) is 1.73. The summed E-state index contributed by atoms with van der Waals surface area (Å²) in [6, 6.07) is 7.58. The zero-order valence-electron chi connectivity index (χ0n) is 10.9. The molecule has 2 aromatic rings. The maximum absolute atomic E-state index is 6.01. The van der Waals surface area contributed by atoms with E-state index < -0.39 is 0 Å². The molecule has 7 heteroatoms. The Morgan fingerprint density at radius 1 is 1.30 bits per heavy atom. The van der Waals surface area contributed by atoms with Crippen LogP contribution in [-0.2, 0) is 11.4 Å². The Kier molecular flexibility index (Phi) is 4.16. The molecule has 3 rings (SSSR count). The van der Waals surface area contributed by atoms with E-state index >= 15 is 0 Å². The number of rotatable bonds is 3. The average Bonchev–Trinajstić information content (AvgIpc) is 2.81. The summed E-state index contributed by atoms with van der Waals surface area (Å²) in [5.41, 5.74) is 0.927. The molecular weight excluding hydrogens is 296 g/mol. The number of aromatic nitrogens is 3. The third-order valence-corrected chi connectivity index (χ3v) is 3.90. The Balaban J connectivity index is 1.83. The highest BCUT2D eigenvalue weighted by atomic mass is 35.5. The van der Waals surface area contributed by atoms with Crippen LogP contribution in [0, 0.1) is 4.77 Å². The molecule has 106 valence electrons. The zero-order valence-corrected chi connectivity index (χ0v) is 12.5. The van der Waals surface area contributed by atoms with Crippen molar-refractivity contribution in [1.29, 1.82) is 0 Å². The van der Waals surface area contributed by atoms with E-state index in [1.54, 1.807) is 6.33 Å². The minimum atomic E-state index is 0.666. The highest BCUT2D eigenvalue weighted by Crippen LogP contribution is 2.15. The molecule has 2 heterocycles. The molecule has 0 aliphatic carbocycles. The predicted octanol–water partition coefficient (Wildman–Crippen LogP) is 2.35. The van der Waals surface area contributed by atoms with Crippen molar-refractivity contribution < 1.29 is 4.74 Å². The van der Waals surface area contributed by atoms with Crippen LogP contribution in [0.2, 0.25) is 5.02 Å². The molecule has 0 amide bonds. The monoisotopic (exact) mass is 310 g/mol. The second-order valence-electron chi connectivity index (χ2n) is 4.63. The van der Waals surface area contributed by atoms with Gasteiger partial charge in [-0.15, -0.1) is 0 Å². The summed E-state index contributed by atoms with van der Waals surface area (Å²) in [5, 5.41) is 5.05. The SMILES string of the molecule is S=c1n(-c2cccc(Cl)c2)cnn1CN1CCOCC1. The highest BCUT2D eigenvalue weighted by Gasteiger charge is 2.12. The van der Waals surface area contributed by atoms with Gasteiger partial charge in [0, 0.05) is 18.1 Å². The first-order valence-corrected chi connectivity index (χ1v) is 7.23. The summed E-state index contributed by atoms with van der Waals surface area (Å²) in [6.45, 7) is 4.04. The van der Waals surface area contributed by atoms with Crippen LogP contribution in [0.25, 0.3) is 5.69 Å². The fourth-order valence-electron chi connectivity index (χ4n) is 2.17. The van der Waals surface area contributed by atoms with Gasteiger partial charge in [-0.2, -0.15) is 5.10 Å². The van der Waals surface area contributed by atoms with Gasteiger partial charge in [-0.1, -0.05) is 17.7 Å². The second kappa shape index (κ2) is 6.05. The molecule has 0 bridgehead atoms. The third kappa shape index (κ3) is 2.93. The number of morpholine rings is 1. The van der Waals surface area contributed by atoms with Crippen molar-refractivity contribution in [1.82, 2.24) is 19.2 Å². The van der Waals surface area contributed by atoms with Crippen molar-refractivity contribution in [2.24, 2.45) is 0 Å². The molecule has 0 spiro atoms. The number of nitrogens with zero attached hydrogens (tertiary/aromatic N) is 4. The number of halogens is 1. The van der Waals surface area contributed by atoms with Gasteiger partial charge in [0.15, 0.2) is 0 Å². The largest absolute Gasteiger partial charge is 0.379 e. The van der Waals surface area contributed by atoms with Crippen molar-refractivity contribution in [2.75, 3.05) is 26.3 Å². The lowest BCUT2D eigenvalue weighted by molar-refractivity contribution is 0.0210. The fraction of sp³-hybridized carbons (Fsp3) is 0.385. The molecule has 0 atom stereocenters. The van der Waals surface area contributed by atoms with Gasteiger partial charge in [0.05, 0.1) is 25.6 Å². The molecule has 0 radical (unpaired) electrons. The van der Waals surface area contributed by atoms with Gasteiger partial charge in [0.25, 0.3) is 0 Å². The minimum absolute atomic E-state index is 0.666. The lowest BCUT2D eigenvalue weighted by Crippen LogP contribution is -2.37. The van der Waals surface area contributed by atoms with E-state index in [1.807, 2.05) is 33.5 Å². The second-order valence-corrected chi connectivity index (χ2v) is 5.44. The van der Waals surface area contributed by atoms with Gasteiger partial charge in [-0.3, -0.25) is 9.47 Å². The maximum atomic E-state index is 6.01. The minimum Gasteiger partial charge on any atom is -0.379 e. The van der Waals surface area contributed by atoms with Crippen LogP contribution >= 0.6 is 23.8 Å². The summed E-state index contributed by atoms with van der Waals surface area (Å²) in [5.74, 6) is 0. The molecule has 1 aromatic carbocycles. The first kappa shape index (κ1) is 13.8. The van der Waals surface area contributed by atoms with E-state index in [1.165, 1.54) is 0 Å².